The second-order valence-electron chi connectivity index (χ2n) is 5.38. The molecule has 0 N–H and O–H groups in total. The van der Waals surface area contributed by atoms with Gasteiger partial charge in [-0.3, -0.25) is 0 Å². The van der Waals surface area contributed by atoms with Crippen LogP contribution >= 0.6 is 11.6 Å². The molecule has 1 fully saturated rings. The van der Waals surface area contributed by atoms with Crippen molar-refractivity contribution >= 4 is 32.5 Å². The molecule has 0 amide bonds. The zero-order valence-electron chi connectivity index (χ0n) is 11.3. The van der Waals surface area contributed by atoms with E-state index < -0.39 is 9.84 Å². The minimum absolute atomic E-state index is 0.0469. The molecule has 20 heavy (non-hydrogen) atoms. The number of hydrogen-bond donors (Lipinski definition) is 0. The van der Waals surface area contributed by atoms with Crippen LogP contribution in [0.4, 0.5) is 0 Å². The SMILES string of the molecule is Cc1cccc2c1nc(CCl)n2C1CCCS(=O)(=O)C1. The highest BCUT2D eigenvalue weighted by Crippen LogP contribution is 2.30. The quantitative estimate of drug-likeness (QED) is 0.801. The number of imidazole rings is 1. The van der Waals surface area contributed by atoms with Gasteiger partial charge >= 0.3 is 0 Å². The van der Waals surface area contributed by atoms with Crippen molar-refractivity contribution in [3.05, 3.63) is 29.6 Å². The first kappa shape index (κ1) is 13.9. The van der Waals surface area contributed by atoms with Crippen molar-refractivity contribution in [3.8, 4) is 0 Å². The number of aromatic nitrogens is 2. The van der Waals surface area contributed by atoms with Crippen LogP contribution in [0.1, 0.15) is 30.3 Å². The van der Waals surface area contributed by atoms with E-state index in [0.717, 1.165) is 28.8 Å². The third-order valence-corrected chi connectivity index (χ3v) is 5.96. The van der Waals surface area contributed by atoms with E-state index in [4.69, 9.17) is 11.6 Å². The van der Waals surface area contributed by atoms with Gasteiger partial charge in [0.25, 0.3) is 0 Å². The van der Waals surface area contributed by atoms with Crippen molar-refractivity contribution in [2.75, 3.05) is 11.5 Å². The maximum Gasteiger partial charge on any atom is 0.152 e. The van der Waals surface area contributed by atoms with Gasteiger partial charge in [0.15, 0.2) is 9.84 Å². The highest BCUT2D eigenvalue weighted by Gasteiger charge is 2.28. The molecule has 1 aromatic carbocycles. The summed E-state index contributed by atoms with van der Waals surface area (Å²) in [6, 6.07) is 5.93. The Hall–Kier alpha value is -1.07. The van der Waals surface area contributed by atoms with Crippen LogP contribution in [0.2, 0.25) is 0 Å². The number of halogens is 1. The molecule has 0 bridgehead atoms. The summed E-state index contributed by atoms with van der Waals surface area (Å²) in [7, 11) is -2.95. The molecule has 1 atom stereocenters. The van der Waals surface area contributed by atoms with Crippen LogP contribution < -0.4 is 0 Å². The molecule has 0 radical (unpaired) electrons. The number of nitrogens with zero attached hydrogens (tertiary/aromatic N) is 2. The molecule has 2 heterocycles. The minimum atomic E-state index is -2.95. The molecular weight excluding hydrogens is 296 g/mol. The Kier molecular flexibility index (Phi) is 3.50. The molecule has 4 nitrogen and oxygen atoms in total. The minimum Gasteiger partial charge on any atom is -0.323 e. The molecule has 1 saturated heterocycles. The lowest BCUT2D eigenvalue weighted by molar-refractivity contribution is 0.471. The topological polar surface area (TPSA) is 52.0 Å². The van der Waals surface area contributed by atoms with Gasteiger partial charge in [-0.05, 0) is 31.4 Å². The Balaban J connectivity index is 2.17. The van der Waals surface area contributed by atoms with Gasteiger partial charge in [0, 0.05) is 6.04 Å². The van der Waals surface area contributed by atoms with E-state index in [1.807, 2.05) is 29.7 Å². The lowest BCUT2D eigenvalue weighted by atomic mass is 10.1. The van der Waals surface area contributed by atoms with Gasteiger partial charge in [-0.25, -0.2) is 13.4 Å². The predicted octanol–water partition coefficient (Wildman–Crippen LogP) is 2.83. The van der Waals surface area contributed by atoms with Crippen molar-refractivity contribution in [2.24, 2.45) is 0 Å². The Bertz CT molecular complexity index is 752. The van der Waals surface area contributed by atoms with Gasteiger partial charge < -0.3 is 4.57 Å². The maximum absolute atomic E-state index is 11.9. The normalized spacial score (nSPS) is 22.2. The summed E-state index contributed by atoms with van der Waals surface area (Å²) in [5, 5.41) is 0. The highest BCUT2D eigenvalue weighted by atomic mass is 35.5. The van der Waals surface area contributed by atoms with Gasteiger partial charge in [0.2, 0.25) is 0 Å². The number of para-hydroxylation sites is 1. The third kappa shape index (κ3) is 2.33. The summed E-state index contributed by atoms with van der Waals surface area (Å²) in [6.45, 7) is 2.01. The third-order valence-electron chi connectivity index (χ3n) is 3.92. The highest BCUT2D eigenvalue weighted by molar-refractivity contribution is 7.91. The fourth-order valence-corrected chi connectivity index (χ4v) is 4.87. The van der Waals surface area contributed by atoms with Gasteiger partial charge in [0.05, 0.1) is 28.4 Å². The first-order valence-electron chi connectivity index (χ1n) is 6.74. The molecule has 6 heteroatoms. The van der Waals surface area contributed by atoms with Crippen molar-refractivity contribution in [1.82, 2.24) is 9.55 Å². The summed E-state index contributed by atoms with van der Waals surface area (Å²) in [5.41, 5.74) is 3.00. The molecule has 1 aliphatic heterocycles. The van der Waals surface area contributed by atoms with Gasteiger partial charge in [-0.15, -0.1) is 11.6 Å². The van der Waals surface area contributed by atoms with E-state index in [1.165, 1.54) is 0 Å². The van der Waals surface area contributed by atoms with Crippen LogP contribution in [0.15, 0.2) is 18.2 Å². The van der Waals surface area contributed by atoms with E-state index in [1.54, 1.807) is 0 Å². The molecule has 3 rings (SSSR count). The first-order chi connectivity index (χ1) is 9.52. The molecule has 0 spiro atoms. The fraction of sp³-hybridized carbons (Fsp3) is 0.500. The number of fused-ring (bicyclic) bond motifs is 1. The predicted molar refractivity (Wildman–Crippen MR) is 81.0 cm³/mol. The summed E-state index contributed by atoms with van der Waals surface area (Å²) in [4.78, 5) is 4.59. The smallest absolute Gasteiger partial charge is 0.152 e. The largest absolute Gasteiger partial charge is 0.323 e. The van der Waals surface area contributed by atoms with Crippen LogP contribution in [0.25, 0.3) is 11.0 Å². The Morgan fingerprint density at radius 1 is 1.45 bits per heavy atom. The molecule has 1 unspecified atom stereocenters. The van der Waals surface area contributed by atoms with Crippen LogP contribution in [-0.2, 0) is 15.7 Å². The molecule has 0 saturated carbocycles. The lowest BCUT2D eigenvalue weighted by Gasteiger charge is -2.25. The number of sulfone groups is 1. The summed E-state index contributed by atoms with van der Waals surface area (Å²) >= 11 is 6.01. The van der Waals surface area contributed by atoms with Crippen molar-refractivity contribution in [1.29, 1.82) is 0 Å². The number of aryl methyl sites for hydroxylation is 1. The summed E-state index contributed by atoms with van der Waals surface area (Å²) in [5.74, 6) is 1.55. The lowest BCUT2D eigenvalue weighted by Crippen LogP contribution is -2.28. The second kappa shape index (κ2) is 5.04. The van der Waals surface area contributed by atoms with E-state index >= 15 is 0 Å². The standard InChI is InChI=1S/C14H17ClN2O2S/c1-10-4-2-6-12-14(10)16-13(8-15)17(12)11-5-3-7-20(18,19)9-11/h2,4,6,11H,3,5,7-9H2,1H3. The molecule has 1 aliphatic rings. The van der Waals surface area contributed by atoms with Gasteiger partial charge in [-0.1, -0.05) is 12.1 Å². The Morgan fingerprint density at radius 3 is 2.95 bits per heavy atom. The van der Waals surface area contributed by atoms with Gasteiger partial charge in [0.1, 0.15) is 5.82 Å². The number of alkyl halides is 1. The van der Waals surface area contributed by atoms with E-state index in [9.17, 15) is 8.42 Å². The molecule has 0 aliphatic carbocycles. The first-order valence-corrected chi connectivity index (χ1v) is 9.10. The van der Waals surface area contributed by atoms with Crippen LogP contribution in [0.3, 0.4) is 0 Å². The molecule has 2 aromatic rings. The summed E-state index contributed by atoms with van der Waals surface area (Å²) in [6.07, 6.45) is 1.57. The summed E-state index contributed by atoms with van der Waals surface area (Å²) < 4.78 is 25.8. The number of rotatable bonds is 2. The van der Waals surface area contributed by atoms with E-state index in [0.29, 0.717) is 18.1 Å². The van der Waals surface area contributed by atoms with Crippen LogP contribution in [0, 0.1) is 6.92 Å². The van der Waals surface area contributed by atoms with Crippen LogP contribution in [0.5, 0.6) is 0 Å². The zero-order chi connectivity index (χ0) is 14.3. The van der Waals surface area contributed by atoms with Crippen molar-refractivity contribution < 1.29 is 8.42 Å². The maximum atomic E-state index is 11.9. The van der Waals surface area contributed by atoms with E-state index in [-0.39, 0.29) is 11.8 Å². The average molecular weight is 313 g/mol. The van der Waals surface area contributed by atoms with Gasteiger partial charge in [-0.2, -0.15) is 0 Å². The molecule has 108 valence electrons. The number of hydrogen-bond acceptors (Lipinski definition) is 3. The zero-order valence-corrected chi connectivity index (χ0v) is 12.9. The fourth-order valence-electron chi connectivity index (χ4n) is 3.01. The van der Waals surface area contributed by atoms with Crippen LogP contribution in [-0.4, -0.2) is 29.5 Å². The Morgan fingerprint density at radius 2 is 2.25 bits per heavy atom. The Labute approximate surface area is 123 Å². The molecular formula is C14H17ClN2O2S. The van der Waals surface area contributed by atoms with Crippen molar-refractivity contribution in [3.63, 3.8) is 0 Å². The second-order valence-corrected chi connectivity index (χ2v) is 7.88. The molecule has 1 aromatic heterocycles. The van der Waals surface area contributed by atoms with E-state index in [2.05, 4.69) is 4.98 Å². The average Bonchev–Trinajstić information content (AvgIpc) is 2.77. The number of benzene rings is 1. The van der Waals surface area contributed by atoms with Crippen molar-refractivity contribution in [2.45, 2.75) is 31.7 Å². The monoisotopic (exact) mass is 312 g/mol.